The van der Waals surface area contributed by atoms with E-state index in [4.69, 9.17) is 10.5 Å². The van der Waals surface area contributed by atoms with Gasteiger partial charge in [-0.2, -0.15) is 0 Å². The minimum atomic E-state index is -0.218. The fourth-order valence-electron chi connectivity index (χ4n) is 2.11. The van der Waals surface area contributed by atoms with Crippen LogP contribution in [0.15, 0.2) is 18.2 Å². The van der Waals surface area contributed by atoms with Crippen LogP contribution in [0.5, 0.6) is 5.75 Å². The van der Waals surface area contributed by atoms with Crippen molar-refractivity contribution < 1.29 is 9.13 Å². The van der Waals surface area contributed by atoms with Crippen molar-refractivity contribution in [2.75, 3.05) is 20.2 Å². The van der Waals surface area contributed by atoms with Gasteiger partial charge in [0.25, 0.3) is 0 Å². The lowest BCUT2D eigenvalue weighted by molar-refractivity contribution is 0.0752. The van der Waals surface area contributed by atoms with Crippen molar-refractivity contribution in [1.82, 2.24) is 4.90 Å². The van der Waals surface area contributed by atoms with E-state index in [9.17, 15) is 4.39 Å². The molecule has 0 amide bonds. The van der Waals surface area contributed by atoms with Gasteiger partial charge in [-0.25, -0.2) is 4.39 Å². The van der Waals surface area contributed by atoms with E-state index in [1.54, 1.807) is 12.1 Å². The minimum absolute atomic E-state index is 0.108. The zero-order valence-corrected chi connectivity index (χ0v) is 9.66. The molecular formula is C12H17FN2O. The fourth-order valence-corrected chi connectivity index (χ4v) is 2.11. The molecule has 0 unspecified atom stereocenters. The first-order valence-electron chi connectivity index (χ1n) is 5.34. The molecule has 0 radical (unpaired) electrons. The van der Waals surface area contributed by atoms with Gasteiger partial charge in [-0.05, 0) is 13.0 Å². The second kappa shape index (κ2) is 4.03. The molecule has 2 N–H and O–H groups in total. The molecule has 1 aliphatic heterocycles. The lowest BCUT2D eigenvalue weighted by Gasteiger charge is -2.45. The highest BCUT2D eigenvalue weighted by atomic mass is 19.1. The summed E-state index contributed by atoms with van der Waals surface area (Å²) in [5.41, 5.74) is 6.48. The van der Waals surface area contributed by atoms with E-state index in [1.165, 1.54) is 13.2 Å². The highest BCUT2D eigenvalue weighted by Crippen LogP contribution is 2.23. The molecule has 1 heterocycles. The van der Waals surface area contributed by atoms with Crippen LogP contribution >= 0.6 is 0 Å². The first-order valence-corrected chi connectivity index (χ1v) is 5.34. The fraction of sp³-hybridized carbons (Fsp3) is 0.500. The number of nitrogens with zero attached hydrogens (tertiary/aromatic N) is 1. The second-order valence-corrected chi connectivity index (χ2v) is 4.76. The Kier molecular flexibility index (Phi) is 2.86. The molecule has 0 atom stereocenters. The normalized spacial score (nSPS) is 19.2. The number of nitrogens with two attached hydrogens (primary N) is 1. The molecule has 1 aromatic carbocycles. The quantitative estimate of drug-likeness (QED) is 0.842. The van der Waals surface area contributed by atoms with E-state index in [-0.39, 0.29) is 11.4 Å². The molecule has 4 heteroatoms. The molecule has 1 saturated heterocycles. The third-order valence-corrected chi connectivity index (χ3v) is 2.82. The Bertz CT molecular complexity index is 385. The summed E-state index contributed by atoms with van der Waals surface area (Å²) in [4.78, 5) is 2.13. The summed E-state index contributed by atoms with van der Waals surface area (Å²) in [6, 6.07) is 4.96. The van der Waals surface area contributed by atoms with Crippen molar-refractivity contribution in [3.63, 3.8) is 0 Å². The SMILES string of the molecule is COc1ccc(CN2CC(C)(N)C2)c(F)c1. The van der Waals surface area contributed by atoms with E-state index in [0.29, 0.717) is 17.9 Å². The monoisotopic (exact) mass is 224 g/mol. The average molecular weight is 224 g/mol. The van der Waals surface area contributed by atoms with Crippen LogP contribution in [0.3, 0.4) is 0 Å². The molecule has 1 aliphatic rings. The van der Waals surface area contributed by atoms with E-state index < -0.39 is 0 Å². The van der Waals surface area contributed by atoms with Crippen LogP contribution in [-0.4, -0.2) is 30.6 Å². The van der Waals surface area contributed by atoms with Crippen molar-refractivity contribution >= 4 is 0 Å². The van der Waals surface area contributed by atoms with Crippen molar-refractivity contribution in [2.45, 2.75) is 19.0 Å². The number of hydrogen-bond donors (Lipinski definition) is 1. The number of hydrogen-bond acceptors (Lipinski definition) is 3. The molecule has 0 saturated carbocycles. The molecule has 0 aliphatic carbocycles. The minimum Gasteiger partial charge on any atom is -0.497 e. The molecular weight excluding hydrogens is 207 g/mol. The summed E-state index contributed by atoms with van der Waals surface area (Å²) >= 11 is 0. The van der Waals surface area contributed by atoms with Crippen LogP contribution in [0, 0.1) is 5.82 Å². The van der Waals surface area contributed by atoms with Crippen molar-refractivity contribution in [1.29, 1.82) is 0 Å². The second-order valence-electron chi connectivity index (χ2n) is 4.76. The number of halogens is 1. The first kappa shape index (κ1) is 11.4. The number of methoxy groups -OCH3 is 1. The van der Waals surface area contributed by atoms with Gasteiger partial charge in [0.2, 0.25) is 0 Å². The van der Waals surface area contributed by atoms with Gasteiger partial charge in [0, 0.05) is 36.8 Å². The smallest absolute Gasteiger partial charge is 0.131 e. The van der Waals surface area contributed by atoms with E-state index in [1.807, 2.05) is 6.92 Å². The Labute approximate surface area is 95.0 Å². The van der Waals surface area contributed by atoms with E-state index >= 15 is 0 Å². The molecule has 0 aromatic heterocycles. The molecule has 2 rings (SSSR count). The largest absolute Gasteiger partial charge is 0.497 e. The number of likely N-dealkylation sites (tertiary alicyclic amines) is 1. The zero-order valence-electron chi connectivity index (χ0n) is 9.66. The third-order valence-electron chi connectivity index (χ3n) is 2.82. The van der Waals surface area contributed by atoms with Gasteiger partial charge in [-0.3, -0.25) is 4.90 Å². The number of rotatable bonds is 3. The summed E-state index contributed by atoms with van der Waals surface area (Å²) in [5.74, 6) is 0.332. The standard InChI is InChI=1S/C12H17FN2O/c1-12(14)7-15(8-12)6-9-3-4-10(16-2)5-11(9)13/h3-5H,6-8,14H2,1-2H3. The van der Waals surface area contributed by atoms with Gasteiger partial charge in [-0.1, -0.05) is 6.07 Å². The van der Waals surface area contributed by atoms with Crippen molar-refractivity contribution in [3.05, 3.63) is 29.6 Å². The molecule has 88 valence electrons. The van der Waals surface area contributed by atoms with E-state index in [0.717, 1.165) is 13.1 Å². The van der Waals surface area contributed by atoms with Crippen LogP contribution < -0.4 is 10.5 Å². The topological polar surface area (TPSA) is 38.5 Å². The van der Waals surface area contributed by atoms with E-state index in [2.05, 4.69) is 4.90 Å². The average Bonchev–Trinajstić information content (AvgIpc) is 2.18. The third kappa shape index (κ3) is 2.33. The van der Waals surface area contributed by atoms with Gasteiger partial charge in [0.15, 0.2) is 0 Å². The van der Waals surface area contributed by atoms with Crippen LogP contribution in [0.25, 0.3) is 0 Å². The van der Waals surface area contributed by atoms with Crippen LogP contribution in [-0.2, 0) is 6.54 Å². The summed E-state index contributed by atoms with van der Waals surface area (Å²) in [7, 11) is 1.53. The summed E-state index contributed by atoms with van der Waals surface area (Å²) in [6.45, 7) is 4.26. The van der Waals surface area contributed by atoms with Crippen LogP contribution in [0.4, 0.5) is 4.39 Å². The maximum atomic E-state index is 13.6. The van der Waals surface area contributed by atoms with Crippen molar-refractivity contribution in [3.8, 4) is 5.75 Å². The van der Waals surface area contributed by atoms with Crippen LogP contribution in [0.1, 0.15) is 12.5 Å². The molecule has 16 heavy (non-hydrogen) atoms. The Balaban J connectivity index is 2.00. The molecule has 1 aromatic rings. The predicted molar refractivity (Wildman–Crippen MR) is 60.8 cm³/mol. The highest BCUT2D eigenvalue weighted by molar-refractivity contribution is 5.29. The maximum absolute atomic E-state index is 13.6. The first-order chi connectivity index (χ1) is 7.50. The van der Waals surface area contributed by atoms with Gasteiger partial charge in [0.05, 0.1) is 7.11 Å². The lowest BCUT2D eigenvalue weighted by Crippen LogP contribution is -2.64. The highest BCUT2D eigenvalue weighted by Gasteiger charge is 2.34. The zero-order chi connectivity index (χ0) is 11.8. The molecule has 0 bridgehead atoms. The number of benzene rings is 1. The summed E-state index contributed by atoms with van der Waals surface area (Å²) in [6.07, 6.45) is 0. The van der Waals surface area contributed by atoms with Gasteiger partial charge < -0.3 is 10.5 Å². The molecule has 1 fully saturated rings. The Morgan fingerprint density at radius 1 is 1.50 bits per heavy atom. The predicted octanol–water partition coefficient (Wildman–Crippen LogP) is 1.37. The van der Waals surface area contributed by atoms with Gasteiger partial charge >= 0.3 is 0 Å². The Morgan fingerprint density at radius 2 is 2.19 bits per heavy atom. The molecule has 3 nitrogen and oxygen atoms in total. The lowest BCUT2D eigenvalue weighted by atomic mass is 9.93. The van der Waals surface area contributed by atoms with Crippen molar-refractivity contribution in [2.24, 2.45) is 5.73 Å². The maximum Gasteiger partial charge on any atom is 0.131 e. The van der Waals surface area contributed by atoms with Gasteiger partial charge in [-0.15, -0.1) is 0 Å². The summed E-state index contributed by atoms with van der Waals surface area (Å²) in [5, 5.41) is 0. The molecule has 0 spiro atoms. The van der Waals surface area contributed by atoms with Gasteiger partial charge in [0.1, 0.15) is 11.6 Å². The van der Waals surface area contributed by atoms with Crippen LogP contribution in [0.2, 0.25) is 0 Å². The Hall–Kier alpha value is -1.13. The number of ether oxygens (including phenoxy) is 1. The Morgan fingerprint density at radius 3 is 2.69 bits per heavy atom. The summed E-state index contributed by atoms with van der Waals surface area (Å²) < 4.78 is 18.6.